The Hall–Kier alpha value is -3.76. The van der Waals surface area contributed by atoms with Crippen molar-refractivity contribution >= 4 is 35.3 Å². The molecule has 45 heavy (non-hydrogen) atoms. The molecule has 5 amide bonds. The van der Waals surface area contributed by atoms with Crippen molar-refractivity contribution in [3.8, 4) is 0 Å². The maximum atomic E-state index is 14.2. The number of hydrogen-bond donors (Lipinski definition) is 4. The second-order valence-electron chi connectivity index (χ2n) is 15.1. The number of rotatable bonds is 13. The van der Waals surface area contributed by atoms with E-state index in [1.807, 2.05) is 78.8 Å². The number of carbonyl (C=O) groups is 6. The van der Waals surface area contributed by atoms with Gasteiger partial charge in [0, 0.05) is 13.0 Å². The molecule has 1 saturated heterocycles. The van der Waals surface area contributed by atoms with Gasteiger partial charge in [0.2, 0.25) is 17.6 Å². The molecule has 246 valence electrons. The lowest BCUT2D eigenvalue weighted by Gasteiger charge is -2.38. The van der Waals surface area contributed by atoms with E-state index in [1.165, 1.54) is 4.90 Å². The normalized spacial score (nSPS) is 23.7. The van der Waals surface area contributed by atoms with E-state index in [2.05, 4.69) is 16.0 Å². The quantitative estimate of drug-likeness (QED) is 0.246. The van der Waals surface area contributed by atoms with Crippen LogP contribution in [0, 0.1) is 34.5 Å². The Bertz CT molecular complexity index is 1330. The fourth-order valence-corrected chi connectivity index (χ4v) is 6.81. The zero-order valence-corrected chi connectivity index (χ0v) is 27.5. The molecule has 1 heterocycles. The first-order valence-corrected chi connectivity index (χ1v) is 16.0. The summed E-state index contributed by atoms with van der Waals surface area (Å²) < 4.78 is 0. The number of urea groups is 1. The molecule has 1 unspecified atom stereocenters. The Morgan fingerprint density at radius 3 is 2.13 bits per heavy atom. The summed E-state index contributed by atoms with van der Waals surface area (Å²) in [5.41, 5.74) is 5.20. The van der Waals surface area contributed by atoms with Crippen molar-refractivity contribution in [1.82, 2.24) is 20.9 Å². The van der Waals surface area contributed by atoms with Gasteiger partial charge < -0.3 is 26.6 Å². The summed E-state index contributed by atoms with van der Waals surface area (Å²) in [7, 11) is 0. The van der Waals surface area contributed by atoms with E-state index in [0.29, 0.717) is 13.0 Å². The van der Waals surface area contributed by atoms with Gasteiger partial charge in [0.05, 0.1) is 12.1 Å². The molecule has 5 N–H and O–H groups in total. The fraction of sp³-hybridized carbons (Fsp3) is 0.647. The Labute approximate surface area is 265 Å². The lowest BCUT2D eigenvalue weighted by molar-refractivity contribution is -0.145. The predicted octanol–water partition coefficient (Wildman–Crippen LogP) is 2.36. The number of ketones is 2. The molecule has 1 aromatic rings. The summed E-state index contributed by atoms with van der Waals surface area (Å²) in [6, 6.07) is 4.95. The van der Waals surface area contributed by atoms with E-state index >= 15 is 0 Å². The second kappa shape index (κ2) is 12.9. The van der Waals surface area contributed by atoms with Crippen LogP contribution >= 0.6 is 0 Å². The number of Topliss-reactive ketones (excluding diaryl/α,β-unsaturated/α-hetero) is 2. The monoisotopic (exact) mass is 623 g/mol. The number of benzene rings is 1. The zero-order chi connectivity index (χ0) is 33.4. The summed E-state index contributed by atoms with van der Waals surface area (Å²) in [6.07, 6.45) is 2.33. The summed E-state index contributed by atoms with van der Waals surface area (Å²) in [5.74, 6) is -3.02. The third-order valence-corrected chi connectivity index (χ3v) is 9.81. The molecule has 3 aliphatic rings. The minimum Gasteiger partial charge on any atom is -0.363 e. The lowest BCUT2D eigenvalue weighted by Crippen LogP contribution is -2.62. The highest BCUT2D eigenvalue weighted by Crippen LogP contribution is 2.65. The van der Waals surface area contributed by atoms with Crippen molar-refractivity contribution in [2.24, 2.45) is 40.2 Å². The number of primary amides is 1. The lowest BCUT2D eigenvalue weighted by atomic mass is 9.85. The van der Waals surface area contributed by atoms with E-state index in [0.717, 1.165) is 18.4 Å². The first-order valence-electron chi connectivity index (χ1n) is 16.0. The highest BCUT2D eigenvalue weighted by atomic mass is 16.2. The molecule has 2 aliphatic carbocycles. The molecule has 11 heteroatoms. The molecule has 11 nitrogen and oxygen atoms in total. The smallest absolute Gasteiger partial charge is 0.316 e. The number of nitrogens with zero attached hydrogens (tertiary/aromatic N) is 1. The third-order valence-electron chi connectivity index (χ3n) is 9.81. The van der Waals surface area contributed by atoms with Crippen LogP contribution in [0.1, 0.15) is 73.3 Å². The maximum absolute atomic E-state index is 14.2. The first-order chi connectivity index (χ1) is 20.9. The van der Waals surface area contributed by atoms with E-state index in [9.17, 15) is 28.8 Å². The van der Waals surface area contributed by atoms with Crippen LogP contribution in [0.2, 0.25) is 0 Å². The van der Waals surface area contributed by atoms with Gasteiger partial charge in [-0.2, -0.15) is 0 Å². The maximum Gasteiger partial charge on any atom is 0.316 e. The van der Waals surface area contributed by atoms with Crippen molar-refractivity contribution < 1.29 is 28.8 Å². The van der Waals surface area contributed by atoms with Gasteiger partial charge in [0.15, 0.2) is 5.78 Å². The van der Waals surface area contributed by atoms with Gasteiger partial charge in [-0.3, -0.25) is 24.0 Å². The van der Waals surface area contributed by atoms with Crippen molar-refractivity contribution in [1.29, 1.82) is 0 Å². The van der Waals surface area contributed by atoms with Crippen LogP contribution in [0.5, 0.6) is 0 Å². The Kier molecular flexibility index (Phi) is 9.80. The van der Waals surface area contributed by atoms with Gasteiger partial charge in [-0.1, -0.05) is 91.6 Å². The largest absolute Gasteiger partial charge is 0.363 e. The average Bonchev–Trinajstić information content (AvgIpc) is 3.80. The van der Waals surface area contributed by atoms with E-state index in [4.69, 9.17) is 5.73 Å². The molecule has 1 aromatic carbocycles. The van der Waals surface area contributed by atoms with Crippen LogP contribution in [0.15, 0.2) is 30.3 Å². The number of amides is 5. The number of nitrogens with one attached hydrogen (secondary N) is 3. The fourth-order valence-electron chi connectivity index (χ4n) is 6.81. The van der Waals surface area contributed by atoms with E-state index in [1.54, 1.807) is 0 Å². The molecule has 0 radical (unpaired) electrons. The molecule has 4 rings (SSSR count). The molecular formula is C34H49N5O6. The number of piperidine rings is 1. The predicted molar refractivity (Wildman–Crippen MR) is 168 cm³/mol. The van der Waals surface area contributed by atoms with Gasteiger partial charge in [0.25, 0.3) is 5.91 Å². The van der Waals surface area contributed by atoms with Crippen molar-refractivity contribution in [3.05, 3.63) is 35.9 Å². The van der Waals surface area contributed by atoms with Crippen LogP contribution < -0.4 is 21.7 Å². The number of nitrogens with two attached hydrogens (primary N) is 1. The molecule has 1 aliphatic heterocycles. The number of hydrogen-bond acceptors (Lipinski definition) is 6. The Morgan fingerprint density at radius 1 is 0.978 bits per heavy atom. The SMILES string of the molecule is CC(C)[C@H](NC(=O)N[C@H](C(=O)N1C[C@H]2[C@@H]([C@H]1C(=O)NC(CC1CC1)C(=O)C(N)=O)C2(C)C)C(C)(C)C)C(=O)Cc1ccccc1. The number of likely N-dealkylation sites (tertiary alicyclic amines) is 1. The van der Waals surface area contributed by atoms with Gasteiger partial charge in [0.1, 0.15) is 12.1 Å². The summed E-state index contributed by atoms with van der Waals surface area (Å²) >= 11 is 0. The van der Waals surface area contributed by atoms with Crippen LogP contribution in [0.4, 0.5) is 4.79 Å². The van der Waals surface area contributed by atoms with Gasteiger partial charge >= 0.3 is 6.03 Å². The van der Waals surface area contributed by atoms with Crippen molar-refractivity contribution in [2.75, 3.05) is 6.54 Å². The molecule has 2 saturated carbocycles. The topological polar surface area (TPSA) is 168 Å². The molecule has 6 atom stereocenters. The van der Waals surface area contributed by atoms with Crippen LogP contribution in [-0.4, -0.2) is 70.9 Å². The van der Waals surface area contributed by atoms with Crippen LogP contribution in [0.3, 0.4) is 0 Å². The Morgan fingerprint density at radius 2 is 1.60 bits per heavy atom. The number of fused-ring (bicyclic) bond motifs is 1. The minimum absolute atomic E-state index is 0.0706. The van der Waals surface area contributed by atoms with Crippen molar-refractivity contribution in [3.63, 3.8) is 0 Å². The highest BCUT2D eigenvalue weighted by Gasteiger charge is 2.70. The Balaban J connectivity index is 1.50. The standard InChI is InChI=1S/C34H49N5O6/c1-18(2)25(23(40)16-19-11-9-8-10-12-19)37-32(45)38-28(33(3,4)5)31(44)39-17-21-24(34(21,6)7)26(39)30(43)36-22(15-20-13-14-20)27(41)29(35)42/h8-12,18,20-22,24-26,28H,13-17H2,1-7H3,(H2,35,42)(H,36,43)(H2,37,38,45)/t21-,22?,24-,25-,26-,28+/m0/s1. The molecular weight excluding hydrogens is 574 g/mol. The first kappa shape index (κ1) is 34.1. The summed E-state index contributed by atoms with van der Waals surface area (Å²) in [5, 5.41) is 8.37. The van der Waals surface area contributed by atoms with E-state index in [-0.39, 0.29) is 41.3 Å². The molecule has 0 spiro atoms. The van der Waals surface area contributed by atoms with Crippen molar-refractivity contribution in [2.45, 2.75) is 98.3 Å². The van der Waals surface area contributed by atoms with Crippen LogP contribution in [-0.2, 0) is 30.4 Å². The van der Waals surface area contributed by atoms with Gasteiger partial charge in [-0.15, -0.1) is 0 Å². The third kappa shape index (κ3) is 7.73. The van der Waals surface area contributed by atoms with Gasteiger partial charge in [-0.25, -0.2) is 4.79 Å². The molecule has 0 bridgehead atoms. The van der Waals surface area contributed by atoms with Gasteiger partial charge in [-0.05, 0) is 46.5 Å². The molecule has 0 aromatic heterocycles. The van der Waals surface area contributed by atoms with Crippen LogP contribution in [0.25, 0.3) is 0 Å². The second-order valence-corrected chi connectivity index (χ2v) is 15.1. The molecule has 3 fully saturated rings. The summed E-state index contributed by atoms with van der Waals surface area (Å²) in [6.45, 7) is 13.6. The zero-order valence-electron chi connectivity index (χ0n) is 27.5. The number of carbonyl (C=O) groups excluding carboxylic acids is 6. The average molecular weight is 624 g/mol. The minimum atomic E-state index is -1.10. The van der Waals surface area contributed by atoms with E-state index < -0.39 is 59.1 Å². The highest BCUT2D eigenvalue weighted by molar-refractivity contribution is 6.37. The summed E-state index contributed by atoms with van der Waals surface area (Å²) in [4.78, 5) is 80.4.